The lowest BCUT2D eigenvalue weighted by Crippen LogP contribution is -2.38. The van der Waals surface area contributed by atoms with E-state index in [4.69, 9.17) is 18.6 Å². The van der Waals surface area contributed by atoms with E-state index >= 15 is 26.3 Å². The Hall–Kier alpha value is -6.75. The number of alkyl halides is 6. The molecule has 5 nitrogen and oxygen atoms in total. The number of carbonyl (C=O) groups is 1. The lowest BCUT2D eigenvalue weighted by Gasteiger charge is -2.30. The first-order chi connectivity index (χ1) is 28.6. The van der Waals surface area contributed by atoms with E-state index in [2.05, 4.69) is 13.2 Å². The second-order valence-electron chi connectivity index (χ2n) is 15.2. The van der Waals surface area contributed by atoms with Gasteiger partial charge < -0.3 is 18.6 Å². The summed E-state index contributed by atoms with van der Waals surface area (Å²) < 4.78 is 114. The molecule has 0 saturated heterocycles. The highest BCUT2D eigenvalue weighted by atomic mass is 19.4. The number of esters is 1. The van der Waals surface area contributed by atoms with Crippen molar-refractivity contribution in [3.63, 3.8) is 0 Å². The zero-order valence-electron chi connectivity index (χ0n) is 32.2. The van der Waals surface area contributed by atoms with E-state index in [9.17, 15) is 4.79 Å². The fraction of sp³-hybridized carbons (Fsp3) is 0.163. The molecule has 0 bridgehead atoms. The normalized spacial score (nSPS) is 17.8. The number of furan rings is 1. The van der Waals surface area contributed by atoms with Gasteiger partial charge in [-0.2, -0.15) is 26.3 Å². The fourth-order valence-corrected chi connectivity index (χ4v) is 8.87. The Morgan fingerprint density at radius 2 is 1.07 bits per heavy atom. The molecule has 1 heterocycles. The zero-order valence-corrected chi connectivity index (χ0v) is 32.2. The van der Waals surface area contributed by atoms with Crippen LogP contribution in [-0.2, 0) is 20.4 Å². The highest BCUT2D eigenvalue weighted by Gasteiger charge is 2.59. The van der Waals surface area contributed by atoms with Crippen molar-refractivity contribution in [2.75, 3.05) is 13.2 Å². The van der Waals surface area contributed by atoms with Crippen LogP contribution in [0.3, 0.4) is 0 Å². The summed E-state index contributed by atoms with van der Waals surface area (Å²) in [5, 5.41) is 1.10. The Kier molecular flexibility index (Phi) is 8.82. The van der Waals surface area contributed by atoms with Crippen molar-refractivity contribution >= 4 is 27.9 Å². The summed E-state index contributed by atoms with van der Waals surface area (Å²) >= 11 is 0. The van der Waals surface area contributed by atoms with Crippen LogP contribution in [0.2, 0.25) is 0 Å². The molecule has 60 heavy (non-hydrogen) atoms. The third-order valence-corrected chi connectivity index (χ3v) is 12.0. The van der Waals surface area contributed by atoms with Crippen molar-refractivity contribution in [1.29, 1.82) is 0 Å². The molecule has 7 aromatic rings. The summed E-state index contributed by atoms with van der Waals surface area (Å²) in [6, 6.07) is 29.6. The largest absolute Gasteiger partial charge is 0.489 e. The van der Waals surface area contributed by atoms with Crippen molar-refractivity contribution in [2.45, 2.75) is 37.0 Å². The lowest BCUT2D eigenvalue weighted by atomic mass is 9.78. The number of fused-ring (bicyclic) bond motifs is 9. The summed E-state index contributed by atoms with van der Waals surface area (Å²) in [5.41, 5.74) is 0.288. The third-order valence-electron chi connectivity index (χ3n) is 12.0. The van der Waals surface area contributed by atoms with E-state index in [0.717, 1.165) is 6.08 Å². The maximum Gasteiger partial charge on any atom is 0.402 e. The van der Waals surface area contributed by atoms with Gasteiger partial charge in [0.2, 0.25) is 0 Å². The van der Waals surface area contributed by atoms with Crippen LogP contribution in [0.1, 0.15) is 36.1 Å². The van der Waals surface area contributed by atoms with Gasteiger partial charge in [-0.05, 0) is 93.7 Å². The van der Waals surface area contributed by atoms with Gasteiger partial charge in [0, 0.05) is 40.1 Å². The Balaban J connectivity index is 1.23. The van der Waals surface area contributed by atoms with Gasteiger partial charge in [0.1, 0.15) is 46.7 Å². The molecule has 2 atom stereocenters. The van der Waals surface area contributed by atoms with E-state index in [-0.39, 0.29) is 47.0 Å². The van der Waals surface area contributed by atoms with Crippen LogP contribution < -0.4 is 9.47 Å². The monoisotopic (exact) mass is 816 g/mol. The van der Waals surface area contributed by atoms with Crippen molar-refractivity contribution in [3.05, 3.63) is 157 Å². The molecule has 6 aromatic carbocycles. The molecule has 0 N–H and O–H groups in total. The van der Waals surface area contributed by atoms with Gasteiger partial charge in [0.15, 0.2) is 0 Å². The van der Waals surface area contributed by atoms with E-state index in [0.29, 0.717) is 66.4 Å². The van der Waals surface area contributed by atoms with Gasteiger partial charge in [0.05, 0.1) is 6.26 Å². The van der Waals surface area contributed by atoms with Crippen molar-refractivity contribution in [3.8, 4) is 56.0 Å². The molecule has 0 spiro atoms. The summed E-state index contributed by atoms with van der Waals surface area (Å²) in [4.78, 5) is 11.7. The summed E-state index contributed by atoms with van der Waals surface area (Å²) in [6.07, 6.45) is -7.02. The number of halogens is 6. The van der Waals surface area contributed by atoms with Crippen LogP contribution in [0, 0.1) is 0 Å². The number of hydrogen-bond acceptors (Lipinski definition) is 5. The number of carbonyl (C=O) groups excluding carboxylic acids is 1. The molecule has 0 aliphatic heterocycles. The molecule has 2 aliphatic rings. The maximum atomic E-state index is 15.1. The minimum Gasteiger partial charge on any atom is -0.489 e. The SMILES string of the molecule is C=COc1cc2oc3cc(OCCOC(=O)C=C)c(-c4ccc5c(c4)C(C)(C(F)(F)F)c4ccccc4-5)cc3c2cc1-c1ccc2c(c1)C(C)(C(F)(F)F)c1ccccc1-2. The molecule has 2 unspecified atom stereocenters. The zero-order chi connectivity index (χ0) is 42.4. The van der Waals surface area contributed by atoms with Gasteiger partial charge in [-0.15, -0.1) is 0 Å². The van der Waals surface area contributed by atoms with Gasteiger partial charge in [-0.25, -0.2) is 4.79 Å². The number of rotatable bonds is 9. The molecule has 0 saturated carbocycles. The highest BCUT2D eigenvalue weighted by molar-refractivity contribution is 6.09. The quantitative estimate of drug-likeness (QED) is 0.0477. The first-order valence-corrected chi connectivity index (χ1v) is 19.0. The molecule has 2 aliphatic carbocycles. The minimum absolute atomic E-state index is 0.0785. The van der Waals surface area contributed by atoms with Crippen molar-refractivity contribution in [2.24, 2.45) is 0 Å². The van der Waals surface area contributed by atoms with E-state index < -0.39 is 29.2 Å². The Labute approximate surface area is 340 Å². The minimum atomic E-state index is -4.63. The Bertz CT molecular complexity index is 2940. The van der Waals surface area contributed by atoms with E-state index in [1.54, 1.807) is 91.0 Å². The Morgan fingerprint density at radius 1 is 0.600 bits per heavy atom. The Morgan fingerprint density at radius 3 is 1.55 bits per heavy atom. The van der Waals surface area contributed by atoms with Gasteiger partial charge >= 0.3 is 18.3 Å². The standard InChI is InChI=1S/C49H34F6O5/c1-5-45(56)59-20-19-58-42-26-44-36(24-34(42)28-16-18-32-30-12-8-10-14-38(30)47(4,40(32)22-28)49(53,54)55)35-23-33(41(57-6-2)25-43(35)60-44)27-15-17-31-29-11-7-9-13-37(29)46(3,39(31)21-27)48(50,51)52/h5-18,21-26H,1-2,19-20H2,3-4H3. The molecule has 11 heteroatoms. The molecule has 9 rings (SSSR count). The first-order valence-electron chi connectivity index (χ1n) is 19.0. The fourth-order valence-electron chi connectivity index (χ4n) is 8.87. The smallest absolute Gasteiger partial charge is 0.402 e. The summed E-state index contributed by atoms with van der Waals surface area (Å²) in [5.74, 6) is -0.139. The lowest BCUT2D eigenvalue weighted by molar-refractivity contribution is -0.172. The highest BCUT2D eigenvalue weighted by Crippen LogP contribution is 2.59. The predicted molar refractivity (Wildman–Crippen MR) is 218 cm³/mol. The maximum absolute atomic E-state index is 15.1. The van der Waals surface area contributed by atoms with Gasteiger partial charge in [-0.3, -0.25) is 0 Å². The molecule has 1 aromatic heterocycles. The topological polar surface area (TPSA) is 57.9 Å². The van der Waals surface area contributed by atoms with E-state index in [1.165, 1.54) is 38.3 Å². The van der Waals surface area contributed by atoms with E-state index in [1.807, 2.05) is 0 Å². The van der Waals surface area contributed by atoms with Crippen molar-refractivity contribution in [1.82, 2.24) is 0 Å². The first kappa shape index (κ1) is 38.8. The number of ether oxygens (including phenoxy) is 3. The van der Waals surface area contributed by atoms with Crippen LogP contribution in [-0.4, -0.2) is 31.5 Å². The average molecular weight is 817 g/mol. The van der Waals surface area contributed by atoms with Crippen LogP contribution in [0.5, 0.6) is 11.5 Å². The van der Waals surface area contributed by atoms with Crippen LogP contribution in [0.4, 0.5) is 26.3 Å². The van der Waals surface area contributed by atoms with Gasteiger partial charge in [-0.1, -0.05) is 86.0 Å². The average Bonchev–Trinajstić information content (AvgIpc) is 3.81. The van der Waals surface area contributed by atoms with Crippen molar-refractivity contribution < 1.29 is 49.8 Å². The number of benzene rings is 6. The second kappa shape index (κ2) is 13.7. The molecule has 302 valence electrons. The molecule has 0 radical (unpaired) electrons. The summed E-state index contributed by atoms with van der Waals surface area (Å²) in [6.45, 7) is 9.22. The molecular formula is C49H34F6O5. The molecular weight excluding hydrogens is 783 g/mol. The predicted octanol–water partition coefficient (Wildman–Crippen LogP) is 13.2. The van der Waals surface area contributed by atoms with Crippen LogP contribution in [0.15, 0.2) is 139 Å². The van der Waals surface area contributed by atoms with Gasteiger partial charge in [0.25, 0.3) is 0 Å². The molecule has 0 fully saturated rings. The van der Waals surface area contributed by atoms with Crippen LogP contribution in [0.25, 0.3) is 66.4 Å². The van der Waals surface area contributed by atoms with Crippen LogP contribution >= 0.6 is 0 Å². The summed E-state index contributed by atoms with van der Waals surface area (Å²) in [7, 11) is 0. The second-order valence-corrected chi connectivity index (χ2v) is 15.2. The molecule has 0 amide bonds. The third kappa shape index (κ3) is 5.66. The number of hydrogen-bond donors (Lipinski definition) is 0.